The summed E-state index contributed by atoms with van der Waals surface area (Å²) in [4.78, 5) is 19.6. The zero-order chi connectivity index (χ0) is 12.6. The largest absolute Gasteiger partial charge is 0.474 e. The number of ether oxygens (including phenoxy) is 1. The maximum atomic E-state index is 11.3. The lowest BCUT2D eigenvalue weighted by atomic mass is 10.2. The lowest BCUT2D eigenvalue weighted by Crippen LogP contribution is -2.28. The van der Waals surface area contributed by atoms with E-state index < -0.39 is 5.60 Å². The molecule has 0 spiro atoms. The van der Waals surface area contributed by atoms with Crippen molar-refractivity contribution >= 4 is 11.7 Å². The molecule has 0 bridgehead atoms. The number of aromatic nitrogens is 2. The summed E-state index contributed by atoms with van der Waals surface area (Å²) in [5.74, 6) is 1.28. The van der Waals surface area contributed by atoms with Crippen LogP contribution in [0.15, 0.2) is 0 Å². The second-order valence-electron chi connectivity index (χ2n) is 4.73. The number of amides is 1. The Morgan fingerprint density at radius 3 is 2.82 bits per heavy atom. The SMILES string of the molecule is Cc1nc2c(c(OCC(C)(C)O)n1)CC(=O)N2. The topological polar surface area (TPSA) is 84.3 Å². The number of nitrogens with one attached hydrogen (secondary N) is 1. The predicted molar refractivity (Wildman–Crippen MR) is 60.9 cm³/mol. The zero-order valence-electron chi connectivity index (χ0n) is 10.1. The second kappa shape index (κ2) is 3.96. The molecular weight excluding hydrogens is 222 g/mol. The van der Waals surface area contributed by atoms with E-state index in [9.17, 15) is 9.90 Å². The van der Waals surface area contributed by atoms with E-state index in [1.165, 1.54) is 0 Å². The van der Waals surface area contributed by atoms with Crippen LogP contribution in [0.2, 0.25) is 0 Å². The molecule has 6 heteroatoms. The minimum absolute atomic E-state index is 0.115. The third-order valence-electron chi connectivity index (χ3n) is 2.24. The molecule has 0 radical (unpaired) electrons. The Morgan fingerprint density at radius 1 is 1.47 bits per heavy atom. The van der Waals surface area contributed by atoms with E-state index in [2.05, 4.69) is 15.3 Å². The Kier molecular flexibility index (Phi) is 2.74. The van der Waals surface area contributed by atoms with Gasteiger partial charge in [-0.15, -0.1) is 0 Å². The van der Waals surface area contributed by atoms with Crippen LogP contribution in [0.4, 0.5) is 5.82 Å². The number of carbonyl (C=O) groups excluding carboxylic acids is 1. The van der Waals surface area contributed by atoms with Gasteiger partial charge in [-0.25, -0.2) is 4.98 Å². The molecular formula is C11H15N3O3. The first-order valence-electron chi connectivity index (χ1n) is 5.38. The number of hydrogen-bond acceptors (Lipinski definition) is 5. The van der Waals surface area contributed by atoms with Crippen LogP contribution in [-0.4, -0.2) is 33.2 Å². The number of aliphatic hydroxyl groups is 1. The molecule has 0 unspecified atom stereocenters. The number of carbonyl (C=O) groups is 1. The number of nitrogens with zero attached hydrogens (tertiary/aromatic N) is 2. The minimum atomic E-state index is -0.943. The fraction of sp³-hybridized carbons (Fsp3) is 0.545. The molecule has 0 aliphatic carbocycles. The van der Waals surface area contributed by atoms with Gasteiger partial charge in [0.15, 0.2) is 0 Å². The molecule has 1 amide bonds. The van der Waals surface area contributed by atoms with Gasteiger partial charge in [-0.1, -0.05) is 0 Å². The van der Waals surface area contributed by atoms with Crippen molar-refractivity contribution in [1.29, 1.82) is 0 Å². The molecule has 0 saturated heterocycles. The number of rotatable bonds is 3. The molecule has 2 heterocycles. The van der Waals surface area contributed by atoms with Crippen LogP contribution >= 0.6 is 0 Å². The highest BCUT2D eigenvalue weighted by atomic mass is 16.5. The van der Waals surface area contributed by atoms with Gasteiger partial charge in [0.1, 0.15) is 18.2 Å². The maximum absolute atomic E-state index is 11.3. The number of anilines is 1. The van der Waals surface area contributed by atoms with E-state index in [-0.39, 0.29) is 18.9 Å². The van der Waals surface area contributed by atoms with Crippen molar-refractivity contribution in [2.24, 2.45) is 0 Å². The highest BCUT2D eigenvalue weighted by molar-refractivity contribution is 5.98. The predicted octanol–water partition coefficient (Wildman–Crippen LogP) is 0.429. The summed E-state index contributed by atoms with van der Waals surface area (Å²) in [6.07, 6.45) is 0.219. The Hall–Kier alpha value is -1.69. The average Bonchev–Trinajstić information content (AvgIpc) is 2.53. The van der Waals surface area contributed by atoms with Crippen molar-refractivity contribution in [2.75, 3.05) is 11.9 Å². The van der Waals surface area contributed by atoms with Crippen molar-refractivity contribution in [3.63, 3.8) is 0 Å². The summed E-state index contributed by atoms with van der Waals surface area (Å²) in [5, 5.41) is 12.2. The Labute approximate surface area is 99.0 Å². The lowest BCUT2D eigenvalue weighted by Gasteiger charge is -2.18. The van der Waals surface area contributed by atoms with E-state index >= 15 is 0 Å². The molecule has 1 aliphatic heterocycles. The second-order valence-corrected chi connectivity index (χ2v) is 4.73. The fourth-order valence-corrected chi connectivity index (χ4v) is 1.53. The Morgan fingerprint density at radius 2 is 2.18 bits per heavy atom. The first kappa shape index (κ1) is 11.8. The fourth-order valence-electron chi connectivity index (χ4n) is 1.53. The quantitative estimate of drug-likeness (QED) is 0.796. The smallest absolute Gasteiger partial charge is 0.230 e. The summed E-state index contributed by atoms with van der Waals surface area (Å²) >= 11 is 0. The normalized spacial score (nSPS) is 14.5. The first-order valence-corrected chi connectivity index (χ1v) is 5.38. The van der Waals surface area contributed by atoms with Crippen molar-refractivity contribution in [3.05, 3.63) is 11.4 Å². The van der Waals surface area contributed by atoms with Crippen LogP contribution in [0.25, 0.3) is 0 Å². The van der Waals surface area contributed by atoms with Gasteiger partial charge in [0.05, 0.1) is 17.6 Å². The molecule has 1 aromatic heterocycles. The Bertz CT molecular complexity index is 466. The van der Waals surface area contributed by atoms with Crippen LogP contribution < -0.4 is 10.1 Å². The van der Waals surface area contributed by atoms with Gasteiger partial charge in [0, 0.05) is 0 Å². The van der Waals surface area contributed by atoms with E-state index in [0.717, 1.165) is 0 Å². The van der Waals surface area contributed by atoms with Crippen molar-refractivity contribution in [1.82, 2.24) is 9.97 Å². The maximum Gasteiger partial charge on any atom is 0.230 e. The number of hydrogen-bond donors (Lipinski definition) is 2. The molecule has 2 N–H and O–H groups in total. The summed E-state index contributed by atoms with van der Waals surface area (Å²) in [6, 6.07) is 0. The average molecular weight is 237 g/mol. The van der Waals surface area contributed by atoms with Crippen molar-refractivity contribution < 1.29 is 14.6 Å². The van der Waals surface area contributed by atoms with Gasteiger partial charge >= 0.3 is 0 Å². The van der Waals surface area contributed by atoms with E-state index in [1.54, 1.807) is 20.8 Å². The van der Waals surface area contributed by atoms with Gasteiger partial charge in [-0.3, -0.25) is 4.79 Å². The van der Waals surface area contributed by atoms with E-state index in [4.69, 9.17) is 4.74 Å². The van der Waals surface area contributed by atoms with Gasteiger partial charge in [0.2, 0.25) is 11.8 Å². The molecule has 0 saturated carbocycles. The van der Waals surface area contributed by atoms with Crippen LogP contribution in [0.5, 0.6) is 5.88 Å². The molecule has 2 rings (SSSR count). The highest BCUT2D eigenvalue weighted by Gasteiger charge is 2.26. The Balaban J connectivity index is 2.26. The van der Waals surface area contributed by atoms with Gasteiger partial charge in [-0.2, -0.15) is 4.98 Å². The summed E-state index contributed by atoms with van der Waals surface area (Å²) in [5.41, 5.74) is -0.285. The minimum Gasteiger partial charge on any atom is -0.474 e. The monoisotopic (exact) mass is 237 g/mol. The van der Waals surface area contributed by atoms with Crippen molar-refractivity contribution in [3.8, 4) is 5.88 Å². The van der Waals surface area contributed by atoms with Gasteiger partial charge in [-0.05, 0) is 20.8 Å². The molecule has 6 nitrogen and oxygen atoms in total. The number of fused-ring (bicyclic) bond motifs is 1. The molecule has 0 aromatic carbocycles. The van der Waals surface area contributed by atoms with Crippen LogP contribution in [0.3, 0.4) is 0 Å². The third kappa shape index (κ3) is 2.71. The molecule has 1 aromatic rings. The third-order valence-corrected chi connectivity index (χ3v) is 2.24. The first-order chi connectivity index (χ1) is 7.85. The van der Waals surface area contributed by atoms with E-state index in [0.29, 0.717) is 23.1 Å². The van der Waals surface area contributed by atoms with E-state index in [1.807, 2.05) is 0 Å². The standard InChI is InChI=1S/C11H15N3O3/c1-6-12-9-7(4-8(15)14-9)10(13-6)17-5-11(2,3)16/h16H,4-5H2,1-3H3,(H,12,13,14,15). The summed E-state index contributed by atoms with van der Waals surface area (Å²) < 4.78 is 5.45. The summed E-state index contributed by atoms with van der Waals surface area (Å²) in [6.45, 7) is 5.13. The molecule has 92 valence electrons. The molecule has 0 atom stereocenters. The number of aryl methyl sites for hydroxylation is 1. The molecule has 17 heavy (non-hydrogen) atoms. The zero-order valence-corrected chi connectivity index (χ0v) is 10.1. The molecule has 1 aliphatic rings. The summed E-state index contributed by atoms with van der Waals surface area (Å²) in [7, 11) is 0. The van der Waals surface area contributed by atoms with Crippen LogP contribution in [0, 0.1) is 6.92 Å². The van der Waals surface area contributed by atoms with Crippen LogP contribution in [0.1, 0.15) is 25.2 Å². The highest BCUT2D eigenvalue weighted by Crippen LogP contribution is 2.28. The van der Waals surface area contributed by atoms with Crippen molar-refractivity contribution in [2.45, 2.75) is 32.8 Å². The molecule has 0 fully saturated rings. The van der Waals surface area contributed by atoms with Gasteiger partial charge < -0.3 is 15.2 Å². The lowest BCUT2D eigenvalue weighted by molar-refractivity contribution is -0.115. The van der Waals surface area contributed by atoms with Gasteiger partial charge in [0.25, 0.3) is 0 Å². The van der Waals surface area contributed by atoms with Crippen LogP contribution in [-0.2, 0) is 11.2 Å².